The molecule has 0 aliphatic carbocycles. The number of hydrogen-bond acceptors (Lipinski definition) is 7. The van der Waals surface area contributed by atoms with Crippen LogP contribution in [-0.4, -0.2) is 95.0 Å². The van der Waals surface area contributed by atoms with Gasteiger partial charge in [-0.05, 0) is 37.3 Å². The number of alkyl halides is 6. The predicted molar refractivity (Wildman–Crippen MR) is 118 cm³/mol. The van der Waals surface area contributed by atoms with Gasteiger partial charge in [-0.2, -0.15) is 26.3 Å². The number of carbonyl (C=O) groups is 2. The van der Waals surface area contributed by atoms with Crippen molar-refractivity contribution in [3.8, 4) is 0 Å². The highest BCUT2D eigenvalue weighted by Gasteiger charge is 2.49. The van der Waals surface area contributed by atoms with Gasteiger partial charge < -0.3 is 24.4 Å². The number of likely N-dealkylation sites (tertiary alicyclic amines) is 1. The Morgan fingerprint density at radius 1 is 1.03 bits per heavy atom. The number of nitrogens with zero attached hydrogens (tertiary/aromatic N) is 2. The van der Waals surface area contributed by atoms with Gasteiger partial charge in [0.15, 0.2) is 0 Å². The van der Waals surface area contributed by atoms with Crippen LogP contribution in [0.2, 0.25) is 0 Å². The van der Waals surface area contributed by atoms with Gasteiger partial charge in [0.2, 0.25) is 0 Å². The maximum Gasteiger partial charge on any atom is 0.490 e. The molecule has 1 aromatic rings. The van der Waals surface area contributed by atoms with Crippen LogP contribution in [0.15, 0.2) is 18.5 Å². The third-order valence-electron chi connectivity index (χ3n) is 6.04. The van der Waals surface area contributed by atoms with Crippen LogP contribution < -0.4 is 0 Å². The maximum atomic E-state index is 10.6. The highest BCUT2D eigenvalue weighted by molar-refractivity contribution is 5.73. The van der Waals surface area contributed by atoms with E-state index in [9.17, 15) is 26.3 Å². The largest absolute Gasteiger partial charge is 0.490 e. The molecule has 9 nitrogen and oxygen atoms in total. The van der Waals surface area contributed by atoms with Gasteiger partial charge in [0.1, 0.15) is 0 Å². The Labute approximate surface area is 214 Å². The Balaban J connectivity index is 0.000000301. The Kier molecular flexibility index (Phi) is 11.3. The lowest BCUT2D eigenvalue weighted by Crippen LogP contribution is -2.68. The molecule has 1 aromatic heterocycles. The van der Waals surface area contributed by atoms with Crippen LogP contribution in [0, 0.1) is 6.92 Å². The van der Waals surface area contributed by atoms with Gasteiger partial charge in [0.25, 0.3) is 0 Å². The summed E-state index contributed by atoms with van der Waals surface area (Å²) in [6.07, 6.45) is -1.74. The average Bonchev–Trinajstić information content (AvgIpc) is 2.81. The van der Waals surface area contributed by atoms with Crippen LogP contribution in [-0.2, 0) is 30.4 Å². The molecule has 1 unspecified atom stereocenters. The molecule has 0 radical (unpaired) electrons. The molecule has 0 bridgehead atoms. The Bertz CT molecular complexity index is 892. The lowest BCUT2D eigenvalue weighted by molar-refractivity contribution is -0.210. The van der Waals surface area contributed by atoms with Crippen molar-refractivity contribution in [3.05, 3.63) is 29.6 Å². The van der Waals surface area contributed by atoms with E-state index in [-0.39, 0.29) is 5.60 Å². The fourth-order valence-corrected chi connectivity index (χ4v) is 4.26. The summed E-state index contributed by atoms with van der Waals surface area (Å²) in [4.78, 5) is 24.6. The van der Waals surface area contributed by atoms with Crippen LogP contribution in [0.3, 0.4) is 0 Å². The smallest absolute Gasteiger partial charge is 0.475 e. The number of hydrogen-bond donors (Lipinski definition) is 2. The molecule has 1 spiro atoms. The Morgan fingerprint density at radius 2 is 1.58 bits per heavy atom. The Morgan fingerprint density at radius 3 is 2.08 bits per heavy atom. The van der Waals surface area contributed by atoms with E-state index < -0.39 is 24.3 Å². The quantitative estimate of drug-likeness (QED) is 0.533. The van der Waals surface area contributed by atoms with Gasteiger partial charge in [0, 0.05) is 57.8 Å². The molecule has 4 rings (SSSR count). The van der Waals surface area contributed by atoms with Crippen LogP contribution in [0.25, 0.3) is 0 Å². The standard InChI is InChI=1S/C19H28N2O3.2C2HF3O2/c1-15-8-16(11-20-10-15)12-23-18-4-7-24-19(9-18)13-21(14-19)17-2-5-22-6-3-17;2*3-2(4,5)1(6)7/h8,10-11,17-18H,2-7,9,12-14H2,1H3;2*(H,6,7). The van der Waals surface area contributed by atoms with E-state index in [1.54, 1.807) is 0 Å². The monoisotopic (exact) mass is 560 g/mol. The lowest BCUT2D eigenvalue weighted by Gasteiger charge is -2.56. The fraction of sp³-hybridized carbons (Fsp3) is 0.696. The number of ether oxygens (including phenoxy) is 3. The zero-order valence-electron chi connectivity index (χ0n) is 20.6. The number of carboxylic acids is 2. The second kappa shape index (κ2) is 13.5. The zero-order valence-corrected chi connectivity index (χ0v) is 20.6. The van der Waals surface area contributed by atoms with E-state index in [0.717, 1.165) is 64.2 Å². The van der Waals surface area contributed by atoms with Crippen LogP contribution in [0.1, 0.15) is 36.8 Å². The Hall–Kier alpha value is -2.49. The predicted octanol–water partition coefficient (Wildman–Crippen LogP) is 3.59. The number of carboxylic acid groups (broad SMARTS) is 2. The van der Waals surface area contributed by atoms with E-state index in [2.05, 4.69) is 22.9 Å². The molecule has 1 atom stereocenters. The molecule has 0 amide bonds. The first-order valence-corrected chi connectivity index (χ1v) is 11.7. The fourth-order valence-electron chi connectivity index (χ4n) is 4.26. The summed E-state index contributed by atoms with van der Waals surface area (Å²) in [6, 6.07) is 2.84. The second-order valence-electron chi connectivity index (χ2n) is 9.18. The van der Waals surface area contributed by atoms with Crippen molar-refractivity contribution in [1.29, 1.82) is 0 Å². The molecule has 3 saturated heterocycles. The average molecular weight is 560 g/mol. The van der Waals surface area contributed by atoms with Crippen molar-refractivity contribution in [1.82, 2.24) is 9.88 Å². The minimum Gasteiger partial charge on any atom is -0.475 e. The molecule has 0 aromatic carbocycles. The summed E-state index contributed by atoms with van der Waals surface area (Å²) in [5.41, 5.74) is 2.38. The summed E-state index contributed by atoms with van der Waals surface area (Å²) >= 11 is 0. The van der Waals surface area contributed by atoms with E-state index >= 15 is 0 Å². The van der Waals surface area contributed by atoms with E-state index in [1.807, 2.05) is 12.4 Å². The van der Waals surface area contributed by atoms with Crippen molar-refractivity contribution in [2.75, 3.05) is 32.9 Å². The molecule has 2 N–H and O–H groups in total. The first kappa shape index (κ1) is 31.7. The summed E-state index contributed by atoms with van der Waals surface area (Å²) in [6.45, 7) is 7.47. The van der Waals surface area contributed by atoms with Crippen LogP contribution in [0.5, 0.6) is 0 Å². The molecule has 3 fully saturated rings. The number of aliphatic carboxylic acids is 2. The summed E-state index contributed by atoms with van der Waals surface area (Å²) < 4.78 is 81.3. The number of pyridine rings is 1. The molecule has 38 heavy (non-hydrogen) atoms. The first-order valence-electron chi connectivity index (χ1n) is 11.7. The van der Waals surface area contributed by atoms with Crippen molar-refractivity contribution >= 4 is 11.9 Å². The van der Waals surface area contributed by atoms with Gasteiger partial charge in [-0.1, -0.05) is 6.07 Å². The third kappa shape index (κ3) is 10.3. The molecular weight excluding hydrogens is 530 g/mol. The normalized spacial score (nSPS) is 21.8. The van der Waals surface area contributed by atoms with Crippen LogP contribution in [0.4, 0.5) is 26.3 Å². The number of halogens is 6. The lowest BCUT2D eigenvalue weighted by atomic mass is 9.82. The van der Waals surface area contributed by atoms with E-state index in [4.69, 9.17) is 34.0 Å². The molecular formula is C23H30F6N2O7. The molecule has 3 aliphatic heterocycles. The highest BCUT2D eigenvalue weighted by Crippen LogP contribution is 2.38. The van der Waals surface area contributed by atoms with Gasteiger partial charge in [-0.3, -0.25) is 9.88 Å². The van der Waals surface area contributed by atoms with Gasteiger partial charge in [0.05, 0.1) is 18.3 Å². The number of aromatic nitrogens is 1. The molecule has 15 heteroatoms. The highest BCUT2D eigenvalue weighted by atomic mass is 19.4. The molecule has 216 valence electrons. The van der Waals surface area contributed by atoms with Crippen molar-refractivity contribution in [3.63, 3.8) is 0 Å². The van der Waals surface area contributed by atoms with E-state index in [0.29, 0.717) is 18.8 Å². The maximum absolute atomic E-state index is 10.6. The second-order valence-corrected chi connectivity index (χ2v) is 9.18. The van der Waals surface area contributed by atoms with Crippen molar-refractivity contribution in [2.24, 2.45) is 0 Å². The van der Waals surface area contributed by atoms with Crippen molar-refractivity contribution < 1.29 is 60.4 Å². The summed E-state index contributed by atoms with van der Waals surface area (Å²) in [5.74, 6) is -5.51. The van der Waals surface area contributed by atoms with Gasteiger partial charge in [-0.25, -0.2) is 9.59 Å². The molecule has 3 aliphatic rings. The van der Waals surface area contributed by atoms with Crippen molar-refractivity contribution in [2.45, 2.75) is 69.3 Å². The number of rotatable bonds is 4. The number of aryl methyl sites for hydroxylation is 1. The molecule has 0 saturated carbocycles. The first-order chi connectivity index (χ1) is 17.6. The topological polar surface area (TPSA) is 118 Å². The van der Waals surface area contributed by atoms with Gasteiger partial charge >= 0.3 is 24.3 Å². The summed E-state index contributed by atoms with van der Waals surface area (Å²) in [5, 5.41) is 14.2. The molecule has 4 heterocycles. The third-order valence-corrected chi connectivity index (χ3v) is 6.04. The minimum atomic E-state index is -5.08. The zero-order chi connectivity index (χ0) is 28.6. The summed E-state index contributed by atoms with van der Waals surface area (Å²) in [7, 11) is 0. The van der Waals surface area contributed by atoms with Crippen LogP contribution >= 0.6 is 0 Å². The SMILES string of the molecule is Cc1cncc(COC2CCOC3(C2)CN(C2CCOCC2)C3)c1.O=C(O)C(F)(F)F.O=C(O)C(F)(F)F. The van der Waals surface area contributed by atoms with Gasteiger partial charge in [-0.15, -0.1) is 0 Å². The minimum absolute atomic E-state index is 0.0338. The van der Waals surface area contributed by atoms with E-state index in [1.165, 1.54) is 5.56 Å².